The van der Waals surface area contributed by atoms with Crippen molar-refractivity contribution in [2.75, 3.05) is 38.3 Å². The number of hydrogen-bond acceptors (Lipinski definition) is 17. The number of carbonyl (C=O) groups is 6. The van der Waals surface area contributed by atoms with Gasteiger partial charge in [-0.15, -0.1) is 0 Å². The van der Waals surface area contributed by atoms with E-state index in [0.29, 0.717) is 44.8 Å². The first-order chi connectivity index (χ1) is 38.9. The highest BCUT2D eigenvalue weighted by molar-refractivity contribution is 8.16. The average Bonchev–Trinajstić information content (AvgIpc) is 4.14. The number of likely N-dealkylation sites (N-methyl/N-ethyl adjacent to an activating group) is 1. The Morgan fingerprint density at radius 1 is 0.617 bits per heavy atom. The maximum atomic E-state index is 11.8. The Balaban J connectivity index is 0.000000161. The highest BCUT2D eigenvalue weighted by atomic mass is 32.2. The van der Waals surface area contributed by atoms with Crippen LogP contribution in [0.4, 0.5) is 5.82 Å². The number of aryl methyl sites for hydroxylation is 1. The summed E-state index contributed by atoms with van der Waals surface area (Å²) in [4.78, 5) is 80.0. The first-order valence-electron chi connectivity index (χ1n) is 27.3. The Labute approximate surface area is 486 Å². The number of anilines is 1. The number of hydrogen-bond donors (Lipinski definition) is 1. The summed E-state index contributed by atoms with van der Waals surface area (Å²) in [5, 5.41) is 9.56. The summed E-state index contributed by atoms with van der Waals surface area (Å²) in [5.74, 6) is 4.58. The van der Waals surface area contributed by atoms with Crippen LogP contribution in [-0.4, -0.2) is 103 Å². The van der Waals surface area contributed by atoms with Gasteiger partial charge in [0.15, 0.2) is 32.7 Å². The molecule has 2 aromatic heterocycles. The maximum Gasteiger partial charge on any atom is 0.197 e. The first kappa shape index (κ1) is 60.2. The molecule has 3 fully saturated rings. The van der Waals surface area contributed by atoms with E-state index in [1.807, 2.05) is 136 Å². The van der Waals surface area contributed by atoms with Crippen LogP contribution in [0.15, 0.2) is 116 Å². The fourth-order valence-corrected chi connectivity index (χ4v) is 12.7. The zero-order valence-corrected chi connectivity index (χ0v) is 49.1. The molecule has 4 atom stereocenters. The van der Waals surface area contributed by atoms with Crippen molar-refractivity contribution in [3.8, 4) is 28.7 Å². The third kappa shape index (κ3) is 16.8. The molecule has 4 aliphatic rings. The number of rotatable bonds is 19. The van der Waals surface area contributed by atoms with E-state index in [1.54, 1.807) is 6.20 Å². The second kappa shape index (κ2) is 28.2. The van der Waals surface area contributed by atoms with Gasteiger partial charge >= 0.3 is 0 Å². The van der Waals surface area contributed by atoms with Gasteiger partial charge in [0.05, 0.1) is 48.2 Å². The second-order valence-electron chi connectivity index (χ2n) is 20.8. The van der Waals surface area contributed by atoms with Crippen molar-refractivity contribution in [3.63, 3.8) is 0 Å². The molecule has 0 aliphatic carbocycles. The van der Waals surface area contributed by atoms with E-state index >= 15 is 0 Å². The number of ketones is 3. The Kier molecular flexibility index (Phi) is 20.9. The molecule has 3 saturated heterocycles. The molecular weight excluding hydrogens is 1080 g/mol. The summed E-state index contributed by atoms with van der Waals surface area (Å²) >= 11 is 3.46. The van der Waals surface area contributed by atoms with Crippen molar-refractivity contribution in [2.24, 2.45) is 0 Å². The fraction of sp³-hybridized carbons (Fsp3) is 0.375. The van der Waals surface area contributed by atoms with Gasteiger partial charge in [-0.1, -0.05) is 90.7 Å². The van der Waals surface area contributed by atoms with Crippen LogP contribution in [0.25, 0.3) is 0 Å². The van der Waals surface area contributed by atoms with Gasteiger partial charge in [-0.05, 0) is 160 Å². The molecule has 424 valence electrons. The summed E-state index contributed by atoms with van der Waals surface area (Å²) in [6.07, 6.45) is 9.04. The van der Waals surface area contributed by atoms with E-state index in [1.165, 1.54) is 5.56 Å². The molecule has 4 aliphatic heterocycles. The zero-order valence-electron chi connectivity index (χ0n) is 46.7. The SMILES string of the molecule is CCc1ccc(CCOc2ccc(CC3SC(=O)CC3=O)cc2)nc1.CN(CCOc1ccc(CC2SC(=O)CC2=O)cc1)c1ccccn1.Cc1c(C)c2c(c(C)c1O)CCC(C)(COc1ccc(CC3SC(=O)CC3=O)cc1)O2. The number of carbonyl (C=O) groups excluding carboxylic acids is 6. The lowest BCUT2D eigenvalue weighted by Crippen LogP contribution is -2.42. The number of ether oxygens (including phenoxy) is 4. The molecule has 0 spiro atoms. The first-order valence-corrected chi connectivity index (χ1v) is 29.9. The Morgan fingerprint density at radius 2 is 1.11 bits per heavy atom. The number of phenolic OH excluding ortho intramolecular Hbond substituents is 1. The van der Waals surface area contributed by atoms with Crippen LogP contribution < -0.4 is 23.8 Å². The van der Waals surface area contributed by atoms with Crippen molar-refractivity contribution >= 4 is 73.8 Å². The highest BCUT2D eigenvalue weighted by Crippen LogP contribution is 2.43. The molecule has 0 amide bonds. The predicted octanol–water partition coefficient (Wildman–Crippen LogP) is 10.8. The molecule has 17 heteroatoms. The summed E-state index contributed by atoms with van der Waals surface area (Å²) in [6, 6.07) is 33.1. The Morgan fingerprint density at radius 3 is 1.56 bits per heavy atom. The van der Waals surface area contributed by atoms with Crippen LogP contribution in [-0.2, 0) is 67.3 Å². The number of aromatic nitrogens is 2. The normalized spacial score (nSPS) is 19.3. The number of aromatic hydroxyl groups is 1. The van der Waals surface area contributed by atoms with Crippen molar-refractivity contribution < 1.29 is 52.8 Å². The Hall–Kier alpha value is -6.95. The van der Waals surface area contributed by atoms with E-state index in [2.05, 4.69) is 29.9 Å². The molecule has 0 radical (unpaired) electrons. The molecule has 6 aromatic rings. The van der Waals surface area contributed by atoms with Gasteiger partial charge in [0.1, 0.15) is 53.4 Å². The molecule has 14 nitrogen and oxygen atoms in total. The van der Waals surface area contributed by atoms with E-state index in [-0.39, 0.29) is 67.7 Å². The van der Waals surface area contributed by atoms with Gasteiger partial charge in [0.25, 0.3) is 0 Å². The van der Waals surface area contributed by atoms with E-state index in [9.17, 15) is 33.9 Å². The number of benzene rings is 4. The summed E-state index contributed by atoms with van der Waals surface area (Å²) in [6.45, 7) is 12.3. The van der Waals surface area contributed by atoms with Gasteiger partial charge in [-0.3, -0.25) is 33.8 Å². The van der Waals surface area contributed by atoms with Gasteiger partial charge in [0.2, 0.25) is 0 Å². The Bertz CT molecular complexity index is 3200. The van der Waals surface area contributed by atoms with Crippen LogP contribution >= 0.6 is 35.3 Å². The smallest absolute Gasteiger partial charge is 0.197 e. The molecule has 0 bridgehead atoms. The predicted molar refractivity (Wildman–Crippen MR) is 319 cm³/mol. The number of Topliss-reactive ketones (excluding diaryl/α,β-unsaturated/α-hetero) is 3. The minimum absolute atomic E-state index is 0.0180. The lowest BCUT2D eigenvalue weighted by molar-refractivity contribution is -0.122. The van der Waals surface area contributed by atoms with E-state index in [0.717, 1.165) is 141 Å². The van der Waals surface area contributed by atoms with Crippen LogP contribution in [0, 0.1) is 20.8 Å². The maximum absolute atomic E-state index is 11.8. The largest absolute Gasteiger partial charge is 0.507 e. The van der Waals surface area contributed by atoms with Crippen LogP contribution in [0.5, 0.6) is 28.7 Å². The van der Waals surface area contributed by atoms with Crippen LogP contribution in [0.3, 0.4) is 0 Å². The minimum Gasteiger partial charge on any atom is -0.507 e. The van der Waals surface area contributed by atoms with Gasteiger partial charge in [-0.25, -0.2) is 4.98 Å². The van der Waals surface area contributed by atoms with Gasteiger partial charge in [0, 0.05) is 37.1 Å². The van der Waals surface area contributed by atoms with E-state index in [4.69, 9.17) is 18.9 Å². The summed E-state index contributed by atoms with van der Waals surface area (Å²) < 4.78 is 24.0. The van der Waals surface area contributed by atoms with Crippen LogP contribution in [0.1, 0.15) is 89.7 Å². The summed E-state index contributed by atoms with van der Waals surface area (Å²) in [5.41, 5.74) is 8.73. The number of nitrogens with zero attached hydrogens (tertiary/aromatic N) is 3. The van der Waals surface area contributed by atoms with Crippen molar-refractivity contribution in [2.45, 2.75) is 120 Å². The molecule has 4 unspecified atom stereocenters. The lowest BCUT2D eigenvalue weighted by Gasteiger charge is -2.37. The number of pyridine rings is 2. The van der Waals surface area contributed by atoms with Crippen molar-refractivity contribution in [1.29, 1.82) is 0 Å². The molecule has 81 heavy (non-hydrogen) atoms. The number of fused-ring (bicyclic) bond motifs is 1. The summed E-state index contributed by atoms with van der Waals surface area (Å²) in [7, 11) is 1.98. The standard InChI is InChI=1S/C25H28O5S.C20H21NO3S.C19H20N2O3S/c1-14-15(2)24-19(16(3)23(14)28)9-10-25(4,30-24)13-29-18-7-5-17(6-8-18)11-21-20(26)12-22(27)31-21;1-2-14-3-6-16(21-13-14)9-10-24-17-7-4-15(5-8-17)11-19-18(22)12-20(23)25-19;1-21(18-4-2-3-9-20-18)10-11-24-15-7-5-14(6-8-15)12-17-16(22)13-19(23)25-17/h5-8,21,28H,9-13H2,1-4H3;3-8,13,19H,2,9-12H2,1H3;2-9,17H,10-13H2,1H3. The fourth-order valence-electron chi connectivity index (χ4n) is 9.55. The van der Waals surface area contributed by atoms with Gasteiger partial charge < -0.3 is 29.0 Å². The molecule has 1 N–H and O–H groups in total. The molecule has 6 heterocycles. The van der Waals surface area contributed by atoms with E-state index < -0.39 is 5.60 Å². The van der Waals surface area contributed by atoms with Crippen LogP contribution in [0.2, 0.25) is 0 Å². The molecule has 4 aromatic carbocycles. The number of phenols is 1. The second-order valence-corrected chi connectivity index (χ2v) is 24.6. The lowest BCUT2D eigenvalue weighted by atomic mass is 9.87. The molecule has 0 saturated carbocycles. The monoisotopic (exact) mass is 1150 g/mol. The van der Waals surface area contributed by atoms with Crippen molar-refractivity contribution in [1.82, 2.24) is 9.97 Å². The quantitative estimate of drug-likeness (QED) is 0.0753. The minimum atomic E-state index is -0.459. The number of thioether (sulfide) groups is 3. The van der Waals surface area contributed by atoms with Crippen molar-refractivity contribution in [3.05, 3.63) is 166 Å². The molecule has 10 rings (SSSR count). The highest BCUT2D eigenvalue weighted by Gasteiger charge is 2.37. The average molecular weight is 1150 g/mol. The third-order valence-electron chi connectivity index (χ3n) is 14.7. The van der Waals surface area contributed by atoms with Gasteiger partial charge in [-0.2, -0.15) is 0 Å². The third-order valence-corrected chi connectivity index (χ3v) is 18.0. The molecular formula is C64H69N3O11S3. The zero-order chi connectivity index (χ0) is 57.6. The topological polar surface area (TPSA) is 189 Å².